The van der Waals surface area contributed by atoms with E-state index in [1.54, 1.807) is 13.1 Å². The molecule has 18 heavy (non-hydrogen) atoms. The molecular weight excluding hydrogens is 234 g/mol. The number of carboxylic acid groups (broad SMARTS) is 1. The number of rotatable bonds is 6. The zero-order valence-corrected chi connectivity index (χ0v) is 10.5. The number of hydrogen-bond acceptors (Lipinski definition) is 4. The van der Waals surface area contributed by atoms with Crippen LogP contribution in [0.25, 0.3) is 0 Å². The van der Waals surface area contributed by atoms with Gasteiger partial charge in [-0.15, -0.1) is 0 Å². The van der Waals surface area contributed by atoms with E-state index < -0.39 is 5.97 Å². The summed E-state index contributed by atoms with van der Waals surface area (Å²) >= 11 is 0. The predicted molar refractivity (Wildman–Crippen MR) is 66.2 cm³/mol. The summed E-state index contributed by atoms with van der Waals surface area (Å²) in [6.07, 6.45) is 1.32. The maximum Gasteiger partial charge on any atom is 0.337 e. The number of nitrogens with one attached hydrogen (secondary N) is 1. The molecule has 6 nitrogen and oxygen atoms in total. The van der Waals surface area contributed by atoms with E-state index in [1.165, 1.54) is 12.3 Å². The third kappa shape index (κ3) is 4.14. The van der Waals surface area contributed by atoms with E-state index in [4.69, 9.17) is 5.11 Å². The van der Waals surface area contributed by atoms with Crippen LogP contribution in [-0.2, 0) is 11.3 Å². The van der Waals surface area contributed by atoms with Gasteiger partial charge in [0.15, 0.2) is 0 Å². The molecule has 0 atom stereocenters. The molecule has 1 aromatic rings. The lowest BCUT2D eigenvalue weighted by Gasteiger charge is -2.18. The first kappa shape index (κ1) is 14.1. The third-order valence-corrected chi connectivity index (χ3v) is 2.55. The SMILES string of the molecule is CCN(CC(=O)NC)Cc1ccc(C(=O)O)cn1. The number of amides is 1. The molecule has 0 bridgehead atoms. The fourth-order valence-corrected chi connectivity index (χ4v) is 1.44. The summed E-state index contributed by atoms with van der Waals surface area (Å²) in [5, 5.41) is 11.3. The number of pyridine rings is 1. The number of likely N-dealkylation sites (N-methyl/N-ethyl adjacent to an activating group) is 2. The predicted octanol–water partition coefficient (Wildman–Crippen LogP) is 0.348. The normalized spacial score (nSPS) is 10.4. The minimum absolute atomic E-state index is 0.0565. The topological polar surface area (TPSA) is 82.5 Å². The molecule has 0 spiro atoms. The summed E-state index contributed by atoms with van der Waals surface area (Å²) < 4.78 is 0. The lowest BCUT2D eigenvalue weighted by atomic mass is 10.2. The van der Waals surface area contributed by atoms with Crippen LogP contribution in [0.1, 0.15) is 23.0 Å². The van der Waals surface area contributed by atoms with Crippen LogP contribution in [0, 0.1) is 0 Å². The van der Waals surface area contributed by atoms with Gasteiger partial charge in [0.2, 0.25) is 5.91 Å². The Morgan fingerprint density at radius 3 is 2.61 bits per heavy atom. The molecule has 2 N–H and O–H groups in total. The van der Waals surface area contributed by atoms with Crippen LogP contribution in [0.15, 0.2) is 18.3 Å². The second kappa shape index (κ2) is 6.70. The lowest BCUT2D eigenvalue weighted by molar-refractivity contribution is -0.121. The number of nitrogens with zero attached hydrogens (tertiary/aromatic N) is 2. The first-order chi connectivity index (χ1) is 8.56. The molecule has 1 rings (SSSR count). The highest BCUT2D eigenvalue weighted by Gasteiger charge is 2.09. The quantitative estimate of drug-likeness (QED) is 0.762. The van der Waals surface area contributed by atoms with Crippen LogP contribution in [0.2, 0.25) is 0 Å². The van der Waals surface area contributed by atoms with E-state index in [1.807, 2.05) is 11.8 Å². The molecule has 0 aliphatic carbocycles. The number of carbonyl (C=O) groups excluding carboxylic acids is 1. The van der Waals surface area contributed by atoms with Crippen molar-refractivity contribution in [2.75, 3.05) is 20.1 Å². The zero-order chi connectivity index (χ0) is 13.5. The smallest absolute Gasteiger partial charge is 0.337 e. The molecule has 0 saturated heterocycles. The largest absolute Gasteiger partial charge is 0.478 e. The number of carboxylic acids is 1. The second-order valence-corrected chi connectivity index (χ2v) is 3.82. The summed E-state index contributed by atoms with van der Waals surface area (Å²) in [4.78, 5) is 27.9. The number of carbonyl (C=O) groups is 2. The molecule has 0 saturated carbocycles. The van der Waals surface area contributed by atoms with Gasteiger partial charge in [-0.1, -0.05) is 6.92 Å². The summed E-state index contributed by atoms with van der Waals surface area (Å²) in [5.41, 5.74) is 0.902. The Balaban J connectivity index is 2.64. The molecule has 6 heteroatoms. The van der Waals surface area contributed by atoms with Crippen molar-refractivity contribution >= 4 is 11.9 Å². The monoisotopic (exact) mass is 251 g/mol. The van der Waals surface area contributed by atoms with Gasteiger partial charge in [0.1, 0.15) is 0 Å². The van der Waals surface area contributed by atoms with Gasteiger partial charge in [0.25, 0.3) is 0 Å². The molecule has 0 aliphatic rings. The van der Waals surface area contributed by atoms with Crippen molar-refractivity contribution in [2.24, 2.45) is 0 Å². The molecule has 0 aromatic carbocycles. The zero-order valence-electron chi connectivity index (χ0n) is 10.5. The molecule has 0 radical (unpaired) electrons. The average molecular weight is 251 g/mol. The molecule has 98 valence electrons. The van der Waals surface area contributed by atoms with Crippen molar-refractivity contribution in [3.8, 4) is 0 Å². The van der Waals surface area contributed by atoms with E-state index in [2.05, 4.69) is 10.3 Å². The highest BCUT2D eigenvalue weighted by atomic mass is 16.4. The van der Waals surface area contributed by atoms with Gasteiger partial charge in [0.05, 0.1) is 17.8 Å². The van der Waals surface area contributed by atoms with Crippen LogP contribution in [0.4, 0.5) is 0 Å². The van der Waals surface area contributed by atoms with Crippen molar-refractivity contribution < 1.29 is 14.7 Å². The molecular formula is C12H17N3O3. The van der Waals surface area contributed by atoms with Crippen molar-refractivity contribution in [2.45, 2.75) is 13.5 Å². The molecule has 0 unspecified atom stereocenters. The summed E-state index contributed by atoms with van der Waals surface area (Å²) in [6.45, 7) is 3.49. The highest BCUT2D eigenvalue weighted by Crippen LogP contribution is 2.04. The summed E-state index contributed by atoms with van der Waals surface area (Å²) in [6, 6.07) is 3.17. The second-order valence-electron chi connectivity index (χ2n) is 3.82. The highest BCUT2D eigenvalue weighted by molar-refractivity contribution is 5.87. The standard InChI is InChI=1S/C12H17N3O3/c1-3-15(8-11(16)13-2)7-10-5-4-9(6-14-10)12(17)18/h4-6H,3,7-8H2,1-2H3,(H,13,16)(H,17,18). The molecule has 0 aliphatic heterocycles. The van der Waals surface area contributed by atoms with Crippen molar-refractivity contribution in [3.63, 3.8) is 0 Å². The number of hydrogen-bond donors (Lipinski definition) is 2. The number of aromatic nitrogens is 1. The Hall–Kier alpha value is -1.95. The minimum Gasteiger partial charge on any atom is -0.478 e. The molecule has 0 fully saturated rings. The van der Waals surface area contributed by atoms with E-state index >= 15 is 0 Å². The fourth-order valence-electron chi connectivity index (χ4n) is 1.44. The van der Waals surface area contributed by atoms with Crippen molar-refractivity contribution in [1.82, 2.24) is 15.2 Å². The van der Waals surface area contributed by atoms with Crippen LogP contribution in [0.5, 0.6) is 0 Å². The molecule has 1 heterocycles. The summed E-state index contributed by atoms with van der Waals surface area (Å²) in [5.74, 6) is -1.05. The van der Waals surface area contributed by atoms with E-state index in [0.29, 0.717) is 13.1 Å². The van der Waals surface area contributed by atoms with Crippen LogP contribution >= 0.6 is 0 Å². The van der Waals surface area contributed by atoms with E-state index in [-0.39, 0.29) is 11.5 Å². The van der Waals surface area contributed by atoms with Gasteiger partial charge < -0.3 is 10.4 Å². The first-order valence-electron chi connectivity index (χ1n) is 5.68. The van der Waals surface area contributed by atoms with Gasteiger partial charge in [-0.25, -0.2) is 4.79 Å². The van der Waals surface area contributed by atoms with Crippen LogP contribution in [0.3, 0.4) is 0 Å². The Labute approximate surface area is 106 Å². The minimum atomic E-state index is -0.994. The van der Waals surface area contributed by atoms with Crippen LogP contribution < -0.4 is 5.32 Å². The Morgan fingerprint density at radius 1 is 1.44 bits per heavy atom. The van der Waals surface area contributed by atoms with Gasteiger partial charge in [-0.2, -0.15) is 0 Å². The van der Waals surface area contributed by atoms with Gasteiger partial charge in [0, 0.05) is 19.8 Å². The van der Waals surface area contributed by atoms with E-state index in [9.17, 15) is 9.59 Å². The first-order valence-corrected chi connectivity index (χ1v) is 5.68. The van der Waals surface area contributed by atoms with Gasteiger partial charge in [-0.3, -0.25) is 14.7 Å². The molecule has 1 amide bonds. The Morgan fingerprint density at radius 2 is 2.17 bits per heavy atom. The Kier molecular flexibility index (Phi) is 5.26. The van der Waals surface area contributed by atoms with Gasteiger partial charge >= 0.3 is 5.97 Å². The van der Waals surface area contributed by atoms with Crippen LogP contribution in [-0.4, -0.2) is 47.0 Å². The third-order valence-electron chi connectivity index (χ3n) is 2.55. The van der Waals surface area contributed by atoms with Crippen molar-refractivity contribution in [3.05, 3.63) is 29.6 Å². The summed E-state index contributed by atoms with van der Waals surface area (Å²) in [7, 11) is 1.59. The number of aromatic carboxylic acids is 1. The van der Waals surface area contributed by atoms with E-state index in [0.717, 1.165) is 12.2 Å². The average Bonchev–Trinajstić information content (AvgIpc) is 2.38. The fraction of sp³-hybridized carbons (Fsp3) is 0.417. The molecule has 1 aromatic heterocycles. The maximum absolute atomic E-state index is 11.3. The lowest BCUT2D eigenvalue weighted by Crippen LogP contribution is -2.35. The van der Waals surface area contributed by atoms with Gasteiger partial charge in [-0.05, 0) is 18.7 Å². The maximum atomic E-state index is 11.3. The van der Waals surface area contributed by atoms with Crippen molar-refractivity contribution in [1.29, 1.82) is 0 Å². The Bertz CT molecular complexity index is 417.